The van der Waals surface area contributed by atoms with Crippen LogP contribution in [0.2, 0.25) is 0 Å². The molecule has 0 aliphatic rings. The highest BCUT2D eigenvalue weighted by atomic mass is 15.5. The maximum Gasteiger partial charge on any atom is 0.0678 e. The molecule has 0 aromatic heterocycles. The van der Waals surface area contributed by atoms with Gasteiger partial charge >= 0.3 is 0 Å². The Kier molecular flexibility index (Phi) is 5.52. The molecule has 0 aromatic carbocycles. The van der Waals surface area contributed by atoms with E-state index in [0.717, 1.165) is 6.54 Å². The van der Waals surface area contributed by atoms with Gasteiger partial charge in [0.25, 0.3) is 0 Å². The van der Waals surface area contributed by atoms with Crippen molar-refractivity contribution in [3.63, 3.8) is 0 Å². The Morgan fingerprint density at radius 1 is 1.50 bits per heavy atom. The fourth-order valence-electron chi connectivity index (χ4n) is 0.733. The van der Waals surface area contributed by atoms with Gasteiger partial charge in [0.05, 0.1) is 6.17 Å². The molecule has 0 bridgehead atoms. The number of nitrogens with zero attached hydrogens (tertiary/aromatic N) is 1. The van der Waals surface area contributed by atoms with Crippen LogP contribution < -0.4 is 16.5 Å². The Labute approximate surface area is 62.7 Å². The van der Waals surface area contributed by atoms with Crippen molar-refractivity contribution in [1.29, 1.82) is 0 Å². The Morgan fingerprint density at radius 3 is 2.50 bits per heavy atom. The van der Waals surface area contributed by atoms with Crippen molar-refractivity contribution in [1.82, 2.24) is 15.8 Å². The molecular weight excluding hydrogens is 128 g/mol. The van der Waals surface area contributed by atoms with E-state index >= 15 is 0 Å². The van der Waals surface area contributed by atoms with Crippen molar-refractivity contribution in [3.8, 4) is 0 Å². The van der Waals surface area contributed by atoms with Gasteiger partial charge in [-0.1, -0.05) is 0 Å². The van der Waals surface area contributed by atoms with Crippen molar-refractivity contribution in [3.05, 3.63) is 0 Å². The van der Waals surface area contributed by atoms with Crippen molar-refractivity contribution in [2.45, 2.75) is 13.1 Å². The molecule has 0 spiro atoms. The molecule has 0 saturated heterocycles. The second-order valence-electron chi connectivity index (χ2n) is 2.49. The first kappa shape index (κ1) is 9.84. The van der Waals surface area contributed by atoms with Crippen LogP contribution in [0.15, 0.2) is 0 Å². The molecule has 62 valence electrons. The van der Waals surface area contributed by atoms with Crippen molar-refractivity contribution in [2.24, 2.45) is 5.73 Å². The number of hydrogen-bond donors (Lipinski definition) is 3. The molecule has 0 amide bonds. The molecule has 4 N–H and O–H groups in total. The smallest absolute Gasteiger partial charge is 0.0678 e. The van der Waals surface area contributed by atoms with Gasteiger partial charge in [0, 0.05) is 27.2 Å². The Bertz CT molecular complexity index is 74.1. The molecule has 0 rings (SSSR count). The van der Waals surface area contributed by atoms with Crippen molar-refractivity contribution >= 4 is 0 Å². The van der Waals surface area contributed by atoms with Crippen LogP contribution in [-0.2, 0) is 0 Å². The van der Waals surface area contributed by atoms with Crippen LogP contribution in [0.4, 0.5) is 0 Å². The number of hydrogen-bond acceptors (Lipinski definition) is 4. The number of nitrogens with one attached hydrogen (secondary N) is 2. The topological polar surface area (TPSA) is 53.3 Å². The zero-order valence-electron chi connectivity index (χ0n) is 7.02. The first-order chi connectivity index (χ1) is 4.66. The van der Waals surface area contributed by atoms with Gasteiger partial charge < -0.3 is 5.73 Å². The lowest BCUT2D eigenvalue weighted by atomic mass is 10.5. The standard InChI is InChI=1S/C6H18N4/c1-6(8-5-4-7)9-10(2)3/h6,8-9H,4-5,7H2,1-3H3. The zero-order chi connectivity index (χ0) is 7.98. The molecule has 4 nitrogen and oxygen atoms in total. The van der Waals surface area contributed by atoms with Crippen molar-refractivity contribution < 1.29 is 0 Å². The predicted molar refractivity (Wildman–Crippen MR) is 43.3 cm³/mol. The summed E-state index contributed by atoms with van der Waals surface area (Å²) in [5, 5.41) is 5.10. The second-order valence-corrected chi connectivity index (χ2v) is 2.49. The van der Waals surface area contributed by atoms with Gasteiger partial charge in [0.2, 0.25) is 0 Å². The molecule has 0 saturated carbocycles. The molecular formula is C6H18N4. The summed E-state index contributed by atoms with van der Waals surface area (Å²) in [6.07, 6.45) is 0.290. The SMILES string of the molecule is CC(NCCN)NN(C)C. The molecule has 1 atom stereocenters. The normalized spacial score (nSPS) is 14.1. The zero-order valence-corrected chi connectivity index (χ0v) is 7.02. The summed E-state index contributed by atoms with van der Waals surface area (Å²) < 4.78 is 0. The molecule has 1 unspecified atom stereocenters. The van der Waals surface area contributed by atoms with E-state index in [1.165, 1.54) is 0 Å². The number of nitrogens with two attached hydrogens (primary N) is 1. The monoisotopic (exact) mass is 146 g/mol. The third-order valence-electron chi connectivity index (χ3n) is 1.05. The summed E-state index contributed by atoms with van der Waals surface area (Å²) in [6.45, 7) is 3.58. The lowest BCUT2D eigenvalue weighted by Gasteiger charge is -2.19. The first-order valence-corrected chi connectivity index (χ1v) is 3.53. The fourth-order valence-corrected chi connectivity index (χ4v) is 0.733. The molecule has 0 radical (unpaired) electrons. The Hall–Kier alpha value is -0.160. The van der Waals surface area contributed by atoms with Crippen LogP contribution >= 0.6 is 0 Å². The highest BCUT2D eigenvalue weighted by Crippen LogP contribution is 1.73. The minimum Gasteiger partial charge on any atom is -0.329 e. The molecule has 0 aliphatic heterocycles. The highest BCUT2D eigenvalue weighted by Gasteiger charge is 1.97. The van der Waals surface area contributed by atoms with Crippen LogP contribution in [0, 0.1) is 0 Å². The van der Waals surface area contributed by atoms with E-state index in [1.54, 1.807) is 0 Å². The molecule has 0 fully saturated rings. The maximum absolute atomic E-state index is 5.30. The van der Waals surface area contributed by atoms with Crippen LogP contribution in [-0.4, -0.2) is 38.4 Å². The van der Waals surface area contributed by atoms with Gasteiger partial charge in [-0.2, -0.15) is 0 Å². The van der Waals surface area contributed by atoms with Crippen LogP contribution in [0.25, 0.3) is 0 Å². The first-order valence-electron chi connectivity index (χ1n) is 3.53. The summed E-state index contributed by atoms with van der Waals surface area (Å²) in [7, 11) is 3.92. The predicted octanol–water partition coefficient (Wildman–Crippen LogP) is -1.05. The third kappa shape index (κ3) is 5.97. The maximum atomic E-state index is 5.30. The van der Waals surface area contributed by atoms with E-state index in [-0.39, 0.29) is 0 Å². The minimum atomic E-state index is 0.290. The van der Waals surface area contributed by atoms with Gasteiger partial charge in [-0.05, 0) is 6.92 Å². The Balaban J connectivity index is 3.16. The van der Waals surface area contributed by atoms with Gasteiger partial charge in [0.1, 0.15) is 0 Å². The van der Waals surface area contributed by atoms with E-state index in [9.17, 15) is 0 Å². The van der Waals surface area contributed by atoms with Gasteiger partial charge in [0.15, 0.2) is 0 Å². The summed E-state index contributed by atoms with van der Waals surface area (Å²) in [4.78, 5) is 0. The third-order valence-corrected chi connectivity index (χ3v) is 1.05. The summed E-state index contributed by atoms with van der Waals surface area (Å²) >= 11 is 0. The lowest BCUT2D eigenvalue weighted by Crippen LogP contribution is -2.47. The number of hydrazine groups is 1. The second kappa shape index (κ2) is 5.61. The van der Waals surface area contributed by atoms with Gasteiger partial charge in [-0.3, -0.25) is 5.32 Å². The number of rotatable bonds is 5. The minimum absolute atomic E-state index is 0.290. The summed E-state index contributed by atoms with van der Waals surface area (Å²) in [5.41, 5.74) is 8.45. The van der Waals surface area contributed by atoms with Crippen LogP contribution in [0.1, 0.15) is 6.92 Å². The van der Waals surface area contributed by atoms with E-state index in [4.69, 9.17) is 5.73 Å². The highest BCUT2D eigenvalue weighted by molar-refractivity contribution is 4.53. The fraction of sp³-hybridized carbons (Fsp3) is 1.00. The Morgan fingerprint density at radius 2 is 2.10 bits per heavy atom. The molecule has 0 aliphatic carbocycles. The average Bonchev–Trinajstić information content (AvgIpc) is 1.82. The molecule has 10 heavy (non-hydrogen) atoms. The quantitative estimate of drug-likeness (QED) is 0.342. The van der Waals surface area contributed by atoms with Crippen LogP contribution in [0.3, 0.4) is 0 Å². The summed E-state index contributed by atoms with van der Waals surface area (Å²) in [5.74, 6) is 0. The molecule has 0 aromatic rings. The van der Waals surface area contributed by atoms with Gasteiger partial charge in [-0.25, -0.2) is 10.4 Å². The van der Waals surface area contributed by atoms with E-state index in [1.807, 2.05) is 19.1 Å². The lowest BCUT2D eigenvalue weighted by molar-refractivity contribution is 0.228. The van der Waals surface area contributed by atoms with E-state index in [0.29, 0.717) is 12.7 Å². The molecule has 4 heteroatoms. The largest absolute Gasteiger partial charge is 0.329 e. The van der Waals surface area contributed by atoms with E-state index in [2.05, 4.69) is 17.7 Å². The molecule has 0 heterocycles. The van der Waals surface area contributed by atoms with Crippen LogP contribution in [0.5, 0.6) is 0 Å². The summed E-state index contributed by atoms with van der Waals surface area (Å²) in [6, 6.07) is 0. The average molecular weight is 146 g/mol. The van der Waals surface area contributed by atoms with Crippen molar-refractivity contribution in [2.75, 3.05) is 27.2 Å². The van der Waals surface area contributed by atoms with E-state index < -0.39 is 0 Å². The van der Waals surface area contributed by atoms with Gasteiger partial charge in [-0.15, -0.1) is 0 Å².